The fraction of sp³-hybridized carbons (Fsp3) is 0.421. The molecule has 0 spiro atoms. The SMILES string of the molecule is Cl.Cl.NCc1cc(C(=O)Nc2ccc(CN3CCCCCC3)cc2)co1. The molecule has 2 aromatic rings. The normalized spacial score (nSPS) is 14.7. The Balaban J connectivity index is 0.00000169. The van der Waals surface area contributed by atoms with E-state index in [0.29, 0.717) is 17.9 Å². The molecule has 5 nitrogen and oxygen atoms in total. The average Bonchev–Trinajstić information content (AvgIpc) is 2.95. The van der Waals surface area contributed by atoms with Gasteiger partial charge in [-0.3, -0.25) is 9.69 Å². The van der Waals surface area contributed by atoms with Crippen LogP contribution in [0.3, 0.4) is 0 Å². The number of hydrogen-bond acceptors (Lipinski definition) is 4. The number of benzene rings is 1. The van der Waals surface area contributed by atoms with E-state index in [4.69, 9.17) is 10.2 Å². The number of nitrogens with two attached hydrogens (primary N) is 1. The standard InChI is InChI=1S/C19H25N3O2.2ClH/c20-12-18-11-16(14-24-18)19(23)21-17-7-5-15(6-8-17)13-22-9-3-1-2-4-10-22;;/h5-8,11,14H,1-4,9-10,12-13,20H2,(H,21,23);2*1H. The molecule has 0 saturated carbocycles. The third-order valence-electron chi connectivity index (χ3n) is 4.43. The van der Waals surface area contributed by atoms with Crippen LogP contribution in [-0.4, -0.2) is 23.9 Å². The van der Waals surface area contributed by atoms with E-state index in [0.717, 1.165) is 12.2 Å². The molecule has 3 N–H and O–H groups in total. The summed E-state index contributed by atoms with van der Waals surface area (Å²) in [6.07, 6.45) is 6.72. The lowest BCUT2D eigenvalue weighted by atomic mass is 10.2. The molecule has 0 bridgehead atoms. The smallest absolute Gasteiger partial charge is 0.258 e. The number of nitrogens with zero attached hydrogens (tertiary/aromatic N) is 1. The van der Waals surface area contributed by atoms with Crippen molar-refractivity contribution >= 4 is 36.4 Å². The van der Waals surface area contributed by atoms with E-state index in [1.807, 2.05) is 12.1 Å². The predicted molar refractivity (Wildman–Crippen MR) is 109 cm³/mol. The Hall–Kier alpha value is -1.53. The summed E-state index contributed by atoms with van der Waals surface area (Å²) < 4.78 is 5.20. The highest BCUT2D eigenvalue weighted by Gasteiger charge is 2.11. The minimum Gasteiger partial charge on any atom is -0.467 e. The summed E-state index contributed by atoms with van der Waals surface area (Å²) in [6.45, 7) is 3.64. The van der Waals surface area contributed by atoms with Crippen molar-refractivity contribution in [1.29, 1.82) is 0 Å². The quantitative estimate of drug-likeness (QED) is 0.789. The Morgan fingerprint density at radius 1 is 1.08 bits per heavy atom. The maximum Gasteiger partial charge on any atom is 0.258 e. The Kier molecular flexibility index (Phi) is 9.73. The zero-order valence-electron chi connectivity index (χ0n) is 14.8. The molecular formula is C19H27Cl2N3O2. The summed E-state index contributed by atoms with van der Waals surface area (Å²) in [5.41, 5.74) is 8.05. The molecular weight excluding hydrogens is 373 g/mol. The third kappa shape index (κ3) is 6.32. The van der Waals surface area contributed by atoms with Gasteiger partial charge in [0.1, 0.15) is 12.0 Å². The first-order valence-electron chi connectivity index (χ1n) is 8.65. The lowest BCUT2D eigenvalue weighted by Gasteiger charge is -2.19. The van der Waals surface area contributed by atoms with Gasteiger partial charge in [-0.1, -0.05) is 25.0 Å². The number of hydrogen-bond donors (Lipinski definition) is 2. The van der Waals surface area contributed by atoms with Gasteiger partial charge >= 0.3 is 0 Å². The van der Waals surface area contributed by atoms with Gasteiger partial charge in [0.15, 0.2) is 0 Å². The van der Waals surface area contributed by atoms with E-state index in [-0.39, 0.29) is 30.7 Å². The molecule has 1 aliphatic heterocycles. The summed E-state index contributed by atoms with van der Waals surface area (Å²) in [7, 11) is 0. The number of likely N-dealkylation sites (tertiary alicyclic amines) is 1. The number of halogens is 2. The minimum atomic E-state index is -0.182. The van der Waals surface area contributed by atoms with Gasteiger partial charge in [0, 0.05) is 12.2 Å². The Labute approximate surface area is 167 Å². The number of carbonyl (C=O) groups is 1. The summed E-state index contributed by atoms with van der Waals surface area (Å²) in [6, 6.07) is 9.75. The van der Waals surface area contributed by atoms with E-state index in [2.05, 4.69) is 22.3 Å². The van der Waals surface area contributed by atoms with E-state index in [1.54, 1.807) is 6.07 Å². The first-order valence-corrected chi connectivity index (χ1v) is 8.65. The van der Waals surface area contributed by atoms with Crippen LogP contribution in [0.25, 0.3) is 0 Å². The van der Waals surface area contributed by atoms with Crippen molar-refractivity contribution in [3.05, 3.63) is 53.5 Å². The Morgan fingerprint density at radius 3 is 2.31 bits per heavy atom. The molecule has 0 unspecified atom stereocenters. The van der Waals surface area contributed by atoms with Gasteiger partial charge < -0.3 is 15.5 Å². The minimum absolute atomic E-state index is 0. The van der Waals surface area contributed by atoms with Crippen LogP contribution in [-0.2, 0) is 13.1 Å². The topological polar surface area (TPSA) is 71.5 Å². The predicted octanol–water partition coefficient (Wildman–Crippen LogP) is 4.21. The van der Waals surface area contributed by atoms with Gasteiger partial charge in [-0.05, 0) is 49.7 Å². The molecule has 1 aliphatic rings. The molecule has 1 aromatic heterocycles. The summed E-state index contributed by atoms with van der Waals surface area (Å²) in [5.74, 6) is 0.423. The van der Waals surface area contributed by atoms with Gasteiger partial charge in [-0.25, -0.2) is 0 Å². The van der Waals surface area contributed by atoms with Gasteiger partial charge in [0.2, 0.25) is 0 Å². The average molecular weight is 400 g/mol. The van der Waals surface area contributed by atoms with E-state index in [9.17, 15) is 4.79 Å². The Bertz CT molecular complexity index is 666. The second-order valence-electron chi connectivity index (χ2n) is 6.35. The van der Waals surface area contributed by atoms with Crippen LogP contribution < -0.4 is 11.1 Å². The van der Waals surface area contributed by atoms with Crippen molar-refractivity contribution in [3.63, 3.8) is 0 Å². The highest BCUT2D eigenvalue weighted by atomic mass is 35.5. The second kappa shape index (κ2) is 11.2. The zero-order valence-corrected chi connectivity index (χ0v) is 16.4. The maximum absolute atomic E-state index is 12.2. The first-order chi connectivity index (χ1) is 11.7. The molecule has 3 rings (SSSR count). The number of anilines is 1. The lowest BCUT2D eigenvalue weighted by molar-refractivity contribution is 0.102. The van der Waals surface area contributed by atoms with Gasteiger partial charge in [0.05, 0.1) is 12.1 Å². The molecule has 1 saturated heterocycles. The fourth-order valence-electron chi connectivity index (χ4n) is 3.06. The summed E-state index contributed by atoms with van der Waals surface area (Å²) in [5, 5.41) is 2.88. The number of nitrogens with one attached hydrogen (secondary N) is 1. The van der Waals surface area contributed by atoms with E-state index in [1.165, 1.54) is 50.6 Å². The van der Waals surface area contributed by atoms with Crippen LogP contribution >= 0.6 is 24.8 Å². The number of amides is 1. The van der Waals surface area contributed by atoms with Crippen LogP contribution in [0.15, 0.2) is 41.0 Å². The largest absolute Gasteiger partial charge is 0.467 e. The van der Waals surface area contributed by atoms with Crippen molar-refractivity contribution in [1.82, 2.24) is 4.90 Å². The van der Waals surface area contributed by atoms with Crippen molar-refractivity contribution < 1.29 is 9.21 Å². The van der Waals surface area contributed by atoms with Crippen molar-refractivity contribution in [2.45, 2.75) is 38.8 Å². The lowest BCUT2D eigenvalue weighted by Crippen LogP contribution is -2.23. The highest BCUT2D eigenvalue weighted by Crippen LogP contribution is 2.16. The number of rotatable bonds is 5. The van der Waals surface area contributed by atoms with Crippen LogP contribution in [0.5, 0.6) is 0 Å². The number of furan rings is 1. The maximum atomic E-state index is 12.2. The van der Waals surface area contributed by atoms with E-state index < -0.39 is 0 Å². The van der Waals surface area contributed by atoms with Crippen molar-refractivity contribution in [3.8, 4) is 0 Å². The molecule has 7 heteroatoms. The fourth-order valence-corrected chi connectivity index (χ4v) is 3.06. The van der Waals surface area contributed by atoms with Crippen LogP contribution in [0, 0.1) is 0 Å². The molecule has 0 radical (unpaired) electrons. The Morgan fingerprint density at radius 2 is 1.73 bits per heavy atom. The van der Waals surface area contributed by atoms with Crippen LogP contribution in [0.1, 0.15) is 47.4 Å². The van der Waals surface area contributed by atoms with Crippen molar-refractivity contribution in [2.24, 2.45) is 5.73 Å². The summed E-state index contributed by atoms with van der Waals surface area (Å²) >= 11 is 0. The molecule has 1 fully saturated rings. The number of carbonyl (C=O) groups excluding carboxylic acids is 1. The molecule has 1 amide bonds. The van der Waals surface area contributed by atoms with E-state index >= 15 is 0 Å². The van der Waals surface area contributed by atoms with Gasteiger partial charge in [-0.2, -0.15) is 0 Å². The van der Waals surface area contributed by atoms with Crippen LogP contribution in [0.4, 0.5) is 5.69 Å². The summed E-state index contributed by atoms with van der Waals surface area (Å²) in [4.78, 5) is 14.7. The monoisotopic (exact) mass is 399 g/mol. The molecule has 0 aliphatic carbocycles. The first kappa shape index (κ1) is 22.5. The van der Waals surface area contributed by atoms with Crippen molar-refractivity contribution in [2.75, 3.05) is 18.4 Å². The van der Waals surface area contributed by atoms with Gasteiger partial charge in [0.25, 0.3) is 5.91 Å². The van der Waals surface area contributed by atoms with Crippen LogP contribution in [0.2, 0.25) is 0 Å². The molecule has 144 valence electrons. The molecule has 26 heavy (non-hydrogen) atoms. The molecule has 0 atom stereocenters. The molecule has 1 aromatic carbocycles. The third-order valence-corrected chi connectivity index (χ3v) is 4.43. The second-order valence-corrected chi connectivity index (χ2v) is 6.35. The zero-order chi connectivity index (χ0) is 16.8. The molecule has 2 heterocycles. The van der Waals surface area contributed by atoms with Gasteiger partial charge in [-0.15, -0.1) is 24.8 Å². The highest BCUT2D eigenvalue weighted by molar-refractivity contribution is 6.04.